The Balaban J connectivity index is 2.31. The molecule has 0 amide bonds. The first-order valence-corrected chi connectivity index (χ1v) is 5.55. The summed E-state index contributed by atoms with van der Waals surface area (Å²) in [6.07, 6.45) is 6.02. The van der Waals surface area contributed by atoms with Crippen molar-refractivity contribution in [2.75, 3.05) is 0 Å². The standard InChI is InChI=1S/C14H18N2/c1-10-3-5-12(6-4-10)13-7-8-14(15,16)11(2)9-13/h3-9,11H,15-16H2,1-2H3. The van der Waals surface area contributed by atoms with Crippen molar-refractivity contribution < 1.29 is 0 Å². The lowest BCUT2D eigenvalue weighted by atomic mass is 9.86. The second-order valence-electron chi connectivity index (χ2n) is 4.61. The Bertz CT molecular complexity index is 438. The molecule has 1 aliphatic rings. The first kappa shape index (κ1) is 11.1. The SMILES string of the molecule is Cc1ccc(C2=CC(C)C(N)(N)C=C2)cc1. The van der Waals surface area contributed by atoms with Crippen LogP contribution in [0.15, 0.2) is 42.5 Å². The molecule has 1 unspecified atom stereocenters. The van der Waals surface area contributed by atoms with E-state index in [1.165, 1.54) is 16.7 Å². The summed E-state index contributed by atoms with van der Waals surface area (Å²) in [5, 5.41) is 0. The topological polar surface area (TPSA) is 52.0 Å². The maximum Gasteiger partial charge on any atom is 0.0893 e. The van der Waals surface area contributed by atoms with E-state index in [4.69, 9.17) is 11.5 Å². The summed E-state index contributed by atoms with van der Waals surface area (Å²) in [6, 6.07) is 8.47. The lowest BCUT2D eigenvalue weighted by Crippen LogP contribution is -2.53. The van der Waals surface area contributed by atoms with Crippen LogP contribution in [0.3, 0.4) is 0 Å². The molecule has 1 aromatic rings. The molecule has 4 N–H and O–H groups in total. The third-order valence-electron chi connectivity index (χ3n) is 3.15. The van der Waals surface area contributed by atoms with E-state index >= 15 is 0 Å². The summed E-state index contributed by atoms with van der Waals surface area (Å²) >= 11 is 0. The fourth-order valence-electron chi connectivity index (χ4n) is 1.79. The van der Waals surface area contributed by atoms with Gasteiger partial charge in [-0.2, -0.15) is 0 Å². The molecule has 0 aliphatic heterocycles. The van der Waals surface area contributed by atoms with Gasteiger partial charge in [-0.3, -0.25) is 0 Å². The number of benzene rings is 1. The molecule has 1 atom stereocenters. The summed E-state index contributed by atoms with van der Waals surface area (Å²) in [5.74, 6) is 0.147. The first-order chi connectivity index (χ1) is 7.49. The van der Waals surface area contributed by atoms with Crippen LogP contribution in [0, 0.1) is 12.8 Å². The zero-order chi connectivity index (χ0) is 11.8. The predicted octanol–water partition coefficient (Wildman–Crippen LogP) is 2.20. The summed E-state index contributed by atoms with van der Waals surface area (Å²) < 4.78 is 0. The average molecular weight is 214 g/mol. The van der Waals surface area contributed by atoms with E-state index in [0.717, 1.165) is 0 Å². The Morgan fingerprint density at radius 3 is 2.31 bits per heavy atom. The van der Waals surface area contributed by atoms with Crippen LogP contribution in [0.25, 0.3) is 5.57 Å². The Morgan fingerprint density at radius 1 is 1.12 bits per heavy atom. The van der Waals surface area contributed by atoms with Crippen LogP contribution < -0.4 is 11.5 Å². The van der Waals surface area contributed by atoms with Crippen molar-refractivity contribution in [1.82, 2.24) is 0 Å². The van der Waals surface area contributed by atoms with E-state index in [1.54, 1.807) is 0 Å². The highest BCUT2D eigenvalue weighted by Gasteiger charge is 2.25. The third-order valence-corrected chi connectivity index (χ3v) is 3.15. The first-order valence-electron chi connectivity index (χ1n) is 5.55. The van der Waals surface area contributed by atoms with Crippen LogP contribution >= 0.6 is 0 Å². The van der Waals surface area contributed by atoms with Crippen molar-refractivity contribution in [3.63, 3.8) is 0 Å². The Hall–Kier alpha value is -1.38. The monoisotopic (exact) mass is 214 g/mol. The zero-order valence-corrected chi connectivity index (χ0v) is 9.77. The Labute approximate surface area is 96.6 Å². The van der Waals surface area contributed by atoms with Crippen molar-refractivity contribution in [1.29, 1.82) is 0 Å². The van der Waals surface area contributed by atoms with Crippen LogP contribution in [-0.2, 0) is 0 Å². The van der Waals surface area contributed by atoms with Gasteiger partial charge in [-0.25, -0.2) is 0 Å². The van der Waals surface area contributed by atoms with Crippen LogP contribution in [0.1, 0.15) is 18.1 Å². The van der Waals surface area contributed by atoms with Gasteiger partial charge in [0, 0.05) is 5.92 Å². The van der Waals surface area contributed by atoms with Crippen molar-refractivity contribution in [3.8, 4) is 0 Å². The fraction of sp³-hybridized carbons (Fsp3) is 0.286. The molecule has 16 heavy (non-hydrogen) atoms. The van der Waals surface area contributed by atoms with E-state index in [2.05, 4.69) is 37.3 Å². The van der Waals surface area contributed by atoms with Gasteiger partial charge in [-0.15, -0.1) is 0 Å². The van der Waals surface area contributed by atoms with Crippen molar-refractivity contribution in [2.24, 2.45) is 17.4 Å². The number of hydrogen-bond acceptors (Lipinski definition) is 2. The Morgan fingerprint density at radius 2 is 1.75 bits per heavy atom. The molecule has 0 heterocycles. The normalized spacial score (nSPS) is 23.0. The molecular formula is C14H18N2. The minimum absolute atomic E-state index is 0.147. The number of rotatable bonds is 1. The molecule has 84 valence electrons. The third kappa shape index (κ3) is 2.08. The smallest absolute Gasteiger partial charge is 0.0893 e. The molecule has 0 fully saturated rings. The largest absolute Gasteiger partial charge is 0.310 e. The summed E-state index contributed by atoms with van der Waals surface area (Å²) in [5.41, 5.74) is 14.8. The van der Waals surface area contributed by atoms with Gasteiger partial charge in [0.2, 0.25) is 0 Å². The molecular weight excluding hydrogens is 196 g/mol. The molecule has 2 heteroatoms. The lowest BCUT2D eigenvalue weighted by Gasteiger charge is -2.29. The van der Waals surface area contributed by atoms with Gasteiger partial charge < -0.3 is 11.5 Å². The van der Waals surface area contributed by atoms with Gasteiger partial charge in [0.05, 0.1) is 5.66 Å². The molecule has 0 aromatic heterocycles. The van der Waals surface area contributed by atoms with Crippen molar-refractivity contribution in [2.45, 2.75) is 19.5 Å². The molecule has 1 aromatic carbocycles. The second-order valence-corrected chi connectivity index (χ2v) is 4.61. The predicted molar refractivity (Wildman–Crippen MR) is 68.6 cm³/mol. The van der Waals surface area contributed by atoms with Gasteiger partial charge in [-0.05, 0) is 24.1 Å². The van der Waals surface area contributed by atoms with Crippen molar-refractivity contribution in [3.05, 3.63) is 53.6 Å². The molecule has 0 saturated heterocycles. The highest BCUT2D eigenvalue weighted by molar-refractivity contribution is 5.75. The maximum absolute atomic E-state index is 5.93. The van der Waals surface area contributed by atoms with Gasteiger partial charge in [0.1, 0.15) is 0 Å². The maximum atomic E-state index is 5.93. The molecule has 0 spiro atoms. The lowest BCUT2D eigenvalue weighted by molar-refractivity contribution is 0.434. The molecule has 2 rings (SSSR count). The minimum atomic E-state index is -0.714. The average Bonchev–Trinajstić information content (AvgIpc) is 2.24. The van der Waals surface area contributed by atoms with Crippen LogP contribution in [0.2, 0.25) is 0 Å². The highest BCUT2D eigenvalue weighted by atomic mass is 15.0. The van der Waals surface area contributed by atoms with Gasteiger partial charge in [0.25, 0.3) is 0 Å². The van der Waals surface area contributed by atoms with Gasteiger partial charge in [0.15, 0.2) is 0 Å². The van der Waals surface area contributed by atoms with E-state index in [-0.39, 0.29) is 5.92 Å². The summed E-state index contributed by atoms with van der Waals surface area (Å²) in [6.45, 7) is 4.12. The quantitative estimate of drug-likeness (QED) is 0.704. The minimum Gasteiger partial charge on any atom is -0.310 e. The molecule has 0 saturated carbocycles. The number of allylic oxidation sites excluding steroid dienone is 2. The van der Waals surface area contributed by atoms with Crippen LogP contribution in [0.4, 0.5) is 0 Å². The van der Waals surface area contributed by atoms with E-state index in [9.17, 15) is 0 Å². The van der Waals surface area contributed by atoms with Crippen molar-refractivity contribution >= 4 is 5.57 Å². The summed E-state index contributed by atoms with van der Waals surface area (Å²) in [4.78, 5) is 0. The number of hydrogen-bond donors (Lipinski definition) is 2. The molecule has 2 nitrogen and oxygen atoms in total. The molecule has 0 radical (unpaired) electrons. The zero-order valence-electron chi connectivity index (χ0n) is 9.77. The van der Waals surface area contributed by atoms with Gasteiger partial charge >= 0.3 is 0 Å². The van der Waals surface area contributed by atoms with E-state index < -0.39 is 5.66 Å². The molecule has 0 bridgehead atoms. The highest BCUT2D eigenvalue weighted by Crippen LogP contribution is 2.27. The molecule has 1 aliphatic carbocycles. The second kappa shape index (κ2) is 3.89. The van der Waals surface area contributed by atoms with Crippen LogP contribution in [-0.4, -0.2) is 5.66 Å². The van der Waals surface area contributed by atoms with E-state index in [0.29, 0.717) is 0 Å². The van der Waals surface area contributed by atoms with E-state index in [1.807, 2.05) is 19.1 Å². The number of nitrogens with two attached hydrogens (primary N) is 2. The summed E-state index contributed by atoms with van der Waals surface area (Å²) in [7, 11) is 0. The number of aryl methyl sites for hydroxylation is 1. The Kier molecular flexibility index (Phi) is 2.70. The fourth-order valence-corrected chi connectivity index (χ4v) is 1.79. The van der Waals surface area contributed by atoms with Crippen LogP contribution in [0.5, 0.6) is 0 Å². The van der Waals surface area contributed by atoms with Gasteiger partial charge in [-0.1, -0.05) is 48.9 Å².